The number of amides is 1. The summed E-state index contributed by atoms with van der Waals surface area (Å²) in [4.78, 5) is 16.0. The summed E-state index contributed by atoms with van der Waals surface area (Å²) in [5.74, 6) is 0.803. The highest BCUT2D eigenvalue weighted by Gasteiger charge is 2.20. The molecule has 3 aromatic rings. The van der Waals surface area contributed by atoms with Gasteiger partial charge in [0.15, 0.2) is 11.5 Å². The van der Waals surface area contributed by atoms with Gasteiger partial charge >= 0.3 is 0 Å². The van der Waals surface area contributed by atoms with E-state index in [0.717, 1.165) is 23.7 Å². The zero-order chi connectivity index (χ0) is 19.7. The van der Waals surface area contributed by atoms with Gasteiger partial charge in [0.2, 0.25) is 0 Å². The SMILES string of the molecule is COc1ccc(/C=N\NC(=O)c2ccc3[nH]c4c(c3c2)CC(C)CC4)cc1O. The number of hydrogen-bond acceptors (Lipinski definition) is 4. The van der Waals surface area contributed by atoms with Gasteiger partial charge in [0.05, 0.1) is 13.3 Å². The van der Waals surface area contributed by atoms with Crippen LogP contribution in [0, 0.1) is 5.92 Å². The number of aromatic amines is 1. The number of carbonyl (C=O) groups is 1. The topological polar surface area (TPSA) is 86.7 Å². The zero-order valence-corrected chi connectivity index (χ0v) is 16.0. The summed E-state index contributed by atoms with van der Waals surface area (Å²) in [7, 11) is 1.49. The minimum atomic E-state index is -0.269. The predicted octanol–water partition coefficient (Wildman–Crippen LogP) is 3.77. The lowest BCUT2D eigenvalue weighted by molar-refractivity contribution is 0.0955. The first-order valence-electron chi connectivity index (χ1n) is 9.39. The first-order chi connectivity index (χ1) is 13.5. The lowest BCUT2D eigenvalue weighted by atomic mass is 9.87. The van der Waals surface area contributed by atoms with Crippen LogP contribution >= 0.6 is 0 Å². The van der Waals surface area contributed by atoms with Crippen molar-refractivity contribution in [2.75, 3.05) is 7.11 Å². The molecule has 2 aromatic carbocycles. The normalized spacial score (nSPS) is 16.3. The number of nitrogens with zero attached hydrogens (tertiary/aromatic N) is 1. The van der Waals surface area contributed by atoms with Gasteiger partial charge in [-0.1, -0.05) is 6.92 Å². The van der Waals surface area contributed by atoms with Crippen LogP contribution in [0.5, 0.6) is 11.5 Å². The molecule has 0 fully saturated rings. The van der Waals surface area contributed by atoms with Crippen molar-refractivity contribution in [3.05, 3.63) is 58.8 Å². The average Bonchev–Trinajstić information content (AvgIpc) is 3.05. The molecule has 1 unspecified atom stereocenters. The molecule has 144 valence electrons. The highest BCUT2D eigenvalue weighted by Crippen LogP contribution is 2.32. The summed E-state index contributed by atoms with van der Waals surface area (Å²) in [6.45, 7) is 2.27. The maximum Gasteiger partial charge on any atom is 0.271 e. The number of hydrazone groups is 1. The van der Waals surface area contributed by atoms with Gasteiger partial charge in [-0.25, -0.2) is 5.43 Å². The Kier molecular flexibility index (Phi) is 4.77. The van der Waals surface area contributed by atoms with Crippen molar-refractivity contribution in [1.82, 2.24) is 10.4 Å². The molecule has 3 N–H and O–H groups in total. The quantitative estimate of drug-likeness (QED) is 0.478. The number of aryl methyl sites for hydroxylation is 1. The van der Waals surface area contributed by atoms with E-state index >= 15 is 0 Å². The van der Waals surface area contributed by atoms with E-state index in [-0.39, 0.29) is 11.7 Å². The summed E-state index contributed by atoms with van der Waals surface area (Å²) in [5.41, 5.74) is 7.48. The van der Waals surface area contributed by atoms with Gasteiger partial charge in [0, 0.05) is 22.2 Å². The Bertz CT molecular complexity index is 1070. The molecule has 0 spiro atoms. The third-order valence-corrected chi connectivity index (χ3v) is 5.28. The van der Waals surface area contributed by atoms with Crippen molar-refractivity contribution in [3.8, 4) is 11.5 Å². The van der Waals surface area contributed by atoms with Gasteiger partial charge in [-0.05, 0) is 72.7 Å². The molecule has 1 aliphatic rings. The van der Waals surface area contributed by atoms with Crippen LogP contribution in [-0.2, 0) is 12.8 Å². The molecule has 0 radical (unpaired) electrons. The maximum absolute atomic E-state index is 12.5. The molecular formula is C22H23N3O3. The van der Waals surface area contributed by atoms with E-state index in [2.05, 4.69) is 22.4 Å². The molecule has 0 saturated carbocycles. The fraction of sp³-hybridized carbons (Fsp3) is 0.273. The first-order valence-corrected chi connectivity index (χ1v) is 9.39. The van der Waals surface area contributed by atoms with E-state index in [9.17, 15) is 9.90 Å². The highest BCUT2D eigenvalue weighted by molar-refractivity contribution is 5.99. The van der Waals surface area contributed by atoms with Gasteiger partial charge in [-0.3, -0.25) is 4.79 Å². The molecule has 1 atom stereocenters. The van der Waals surface area contributed by atoms with Gasteiger partial charge in [-0.15, -0.1) is 0 Å². The second-order valence-corrected chi connectivity index (χ2v) is 7.32. The zero-order valence-electron chi connectivity index (χ0n) is 16.0. The number of ether oxygens (including phenoxy) is 1. The number of carbonyl (C=O) groups excluding carboxylic acids is 1. The number of aromatic nitrogens is 1. The molecular weight excluding hydrogens is 354 g/mol. The molecule has 1 aliphatic carbocycles. The van der Waals surface area contributed by atoms with E-state index in [1.165, 1.54) is 37.1 Å². The van der Waals surface area contributed by atoms with Crippen LogP contribution in [0.3, 0.4) is 0 Å². The number of aromatic hydroxyl groups is 1. The number of fused-ring (bicyclic) bond motifs is 3. The van der Waals surface area contributed by atoms with Gasteiger partial charge in [0.25, 0.3) is 5.91 Å². The largest absolute Gasteiger partial charge is 0.504 e. The van der Waals surface area contributed by atoms with Crippen LogP contribution in [-0.4, -0.2) is 29.3 Å². The molecule has 1 aromatic heterocycles. The van der Waals surface area contributed by atoms with Crippen molar-refractivity contribution < 1.29 is 14.6 Å². The van der Waals surface area contributed by atoms with E-state index in [1.54, 1.807) is 18.2 Å². The number of methoxy groups -OCH3 is 1. The number of H-pyrrole nitrogens is 1. The molecule has 4 rings (SSSR count). The number of phenols is 1. The van der Waals surface area contributed by atoms with Crippen molar-refractivity contribution >= 4 is 23.0 Å². The Morgan fingerprint density at radius 2 is 2.18 bits per heavy atom. The van der Waals surface area contributed by atoms with Crippen molar-refractivity contribution in [2.45, 2.75) is 26.2 Å². The van der Waals surface area contributed by atoms with E-state index in [1.807, 2.05) is 12.1 Å². The molecule has 28 heavy (non-hydrogen) atoms. The summed E-state index contributed by atoms with van der Waals surface area (Å²) in [6.07, 6.45) is 4.78. The molecule has 6 nitrogen and oxygen atoms in total. The molecule has 1 heterocycles. The van der Waals surface area contributed by atoms with Crippen LogP contribution in [0.15, 0.2) is 41.5 Å². The Morgan fingerprint density at radius 1 is 1.32 bits per heavy atom. The third kappa shape index (κ3) is 3.45. The van der Waals surface area contributed by atoms with E-state index in [4.69, 9.17) is 4.74 Å². The average molecular weight is 377 g/mol. The maximum atomic E-state index is 12.5. The van der Waals surface area contributed by atoms with Gasteiger partial charge in [0.1, 0.15) is 0 Å². The van der Waals surface area contributed by atoms with Crippen LogP contribution in [0.25, 0.3) is 10.9 Å². The predicted molar refractivity (Wildman–Crippen MR) is 109 cm³/mol. The lowest BCUT2D eigenvalue weighted by Gasteiger charge is -2.18. The van der Waals surface area contributed by atoms with Gasteiger partial charge in [-0.2, -0.15) is 5.10 Å². The standard InChI is InChI=1S/C22H23N3O3/c1-13-3-6-18-16(9-13)17-11-15(5-7-19(17)24-18)22(27)25-23-12-14-4-8-21(28-2)20(26)10-14/h4-5,7-8,10-13,24,26H,3,6,9H2,1-2H3,(H,25,27)/b23-12-. The second-order valence-electron chi connectivity index (χ2n) is 7.32. The number of benzene rings is 2. The number of phenolic OH excluding ortho intramolecular Hbond substituents is 1. The molecule has 0 aliphatic heterocycles. The third-order valence-electron chi connectivity index (χ3n) is 5.28. The fourth-order valence-electron chi connectivity index (χ4n) is 3.75. The van der Waals surface area contributed by atoms with E-state index in [0.29, 0.717) is 22.8 Å². The van der Waals surface area contributed by atoms with Crippen molar-refractivity contribution in [1.29, 1.82) is 0 Å². The van der Waals surface area contributed by atoms with Crippen molar-refractivity contribution in [3.63, 3.8) is 0 Å². The Labute approximate surface area is 163 Å². The van der Waals surface area contributed by atoms with Crippen LogP contribution in [0.4, 0.5) is 0 Å². The first kappa shape index (κ1) is 18.1. The smallest absolute Gasteiger partial charge is 0.271 e. The molecule has 0 saturated heterocycles. The van der Waals surface area contributed by atoms with Crippen LogP contribution < -0.4 is 10.2 Å². The monoisotopic (exact) mass is 377 g/mol. The number of rotatable bonds is 4. The van der Waals surface area contributed by atoms with Crippen molar-refractivity contribution in [2.24, 2.45) is 11.0 Å². The number of hydrogen-bond donors (Lipinski definition) is 3. The van der Waals surface area contributed by atoms with Crippen LogP contribution in [0.1, 0.15) is 40.5 Å². The Hall–Kier alpha value is -3.28. The molecule has 6 heteroatoms. The van der Waals surface area contributed by atoms with Crippen LogP contribution in [0.2, 0.25) is 0 Å². The summed E-state index contributed by atoms with van der Waals surface area (Å²) >= 11 is 0. The fourth-order valence-corrected chi connectivity index (χ4v) is 3.75. The minimum absolute atomic E-state index is 0.0229. The van der Waals surface area contributed by atoms with Gasteiger partial charge < -0.3 is 14.8 Å². The van der Waals surface area contributed by atoms with E-state index < -0.39 is 0 Å². The molecule has 0 bridgehead atoms. The highest BCUT2D eigenvalue weighted by atomic mass is 16.5. The minimum Gasteiger partial charge on any atom is -0.504 e. The second kappa shape index (κ2) is 7.38. The molecule has 1 amide bonds. The Balaban J connectivity index is 1.51. The Morgan fingerprint density at radius 3 is 2.96 bits per heavy atom. The lowest BCUT2D eigenvalue weighted by Crippen LogP contribution is -2.17. The number of nitrogens with one attached hydrogen (secondary N) is 2. The summed E-state index contributed by atoms with van der Waals surface area (Å²) in [6, 6.07) is 10.6. The summed E-state index contributed by atoms with van der Waals surface area (Å²) in [5, 5.41) is 14.9. The summed E-state index contributed by atoms with van der Waals surface area (Å²) < 4.78 is 5.01.